The molecule has 3 rings (SSSR count). The van der Waals surface area contributed by atoms with E-state index in [2.05, 4.69) is 14.9 Å². The molecule has 0 fully saturated rings. The number of methoxy groups -OCH3 is 1. The van der Waals surface area contributed by atoms with E-state index in [0.29, 0.717) is 27.6 Å². The van der Waals surface area contributed by atoms with E-state index in [1.807, 2.05) is 6.92 Å². The Labute approximate surface area is 158 Å². The van der Waals surface area contributed by atoms with Gasteiger partial charge < -0.3 is 18.3 Å². The lowest BCUT2D eigenvalue weighted by Crippen LogP contribution is -1.98. The molecule has 9 heteroatoms. The molecule has 0 aliphatic heterocycles. The molecule has 0 N–H and O–H groups in total. The molecule has 2 aromatic heterocycles. The van der Waals surface area contributed by atoms with Gasteiger partial charge >= 0.3 is 5.97 Å². The number of thioether (sulfide) groups is 1. The highest BCUT2D eigenvalue weighted by atomic mass is 35.5. The fourth-order valence-electron chi connectivity index (χ4n) is 2.01. The lowest BCUT2D eigenvalue weighted by Gasteiger charge is -2.04. The van der Waals surface area contributed by atoms with Crippen molar-refractivity contribution in [2.45, 2.75) is 24.0 Å². The second-order valence-electron chi connectivity index (χ2n) is 5.16. The highest BCUT2D eigenvalue weighted by molar-refractivity contribution is 7.99. The van der Waals surface area contributed by atoms with Gasteiger partial charge in [-0.05, 0) is 43.3 Å². The van der Waals surface area contributed by atoms with Crippen LogP contribution in [-0.2, 0) is 11.3 Å². The van der Waals surface area contributed by atoms with Crippen molar-refractivity contribution in [3.8, 4) is 5.75 Å². The second-order valence-corrected chi connectivity index (χ2v) is 6.89. The molecule has 0 saturated carbocycles. The van der Waals surface area contributed by atoms with Crippen molar-refractivity contribution in [3.05, 3.63) is 58.8 Å². The third-order valence-corrected chi connectivity index (χ3v) is 4.52. The Morgan fingerprint density at radius 1 is 1.19 bits per heavy atom. The summed E-state index contributed by atoms with van der Waals surface area (Å²) in [6.45, 7) is 2.05. The van der Waals surface area contributed by atoms with Crippen LogP contribution < -0.4 is 4.74 Å². The molecule has 0 saturated heterocycles. The lowest BCUT2D eigenvalue weighted by molar-refractivity contribution is 0.0563. The zero-order chi connectivity index (χ0) is 18.5. The second kappa shape index (κ2) is 8.29. The van der Waals surface area contributed by atoms with E-state index < -0.39 is 5.97 Å². The maximum Gasteiger partial charge on any atom is 0.373 e. The summed E-state index contributed by atoms with van der Waals surface area (Å²) in [6.07, 6.45) is 0. The van der Waals surface area contributed by atoms with Crippen LogP contribution in [0, 0.1) is 0 Å². The first kappa shape index (κ1) is 18.3. The average molecular weight is 395 g/mol. The number of nitrogens with zero attached hydrogens (tertiary/aromatic N) is 2. The molecule has 7 nitrogen and oxygen atoms in total. The first-order valence-electron chi connectivity index (χ1n) is 7.60. The van der Waals surface area contributed by atoms with Crippen LogP contribution in [0.4, 0.5) is 0 Å². The van der Waals surface area contributed by atoms with Crippen molar-refractivity contribution < 1.29 is 23.1 Å². The molecule has 1 unspecified atom stereocenters. The normalized spacial score (nSPS) is 12.0. The number of benzene rings is 1. The van der Waals surface area contributed by atoms with Gasteiger partial charge in [-0.15, -0.1) is 10.2 Å². The van der Waals surface area contributed by atoms with Crippen molar-refractivity contribution in [2.24, 2.45) is 0 Å². The minimum absolute atomic E-state index is 0.126. The van der Waals surface area contributed by atoms with Gasteiger partial charge in [-0.2, -0.15) is 0 Å². The summed E-state index contributed by atoms with van der Waals surface area (Å²) < 4.78 is 21.2. The largest absolute Gasteiger partial charge is 0.484 e. The van der Waals surface area contributed by atoms with Crippen LogP contribution in [0.25, 0.3) is 0 Å². The molecule has 0 spiro atoms. The third kappa shape index (κ3) is 4.59. The molecule has 0 bridgehead atoms. The van der Waals surface area contributed by atoms with E-state index >= 15 is 0 Å². The average Bonchev–Trinajstić information content (AvgIpc) is 3.30. The zero-order valence-corrected chi connectivity index (χ0v) is 15.5. The molecule has 0 aliphatic carbocycles. The van der Waals surface area contributed by atoms with Crippen LogP contribution in [0.1, 0.15) is 34.4 Å². The van der Waals surface area contributed by atoms with Gasteiger partial charge in [0.1, 0.15) is 11.5 Å². The summed E-state index contributed by atoms with van der Waals surface area (Å²) in [5.41, 5.74) is 0. The maximum atomic E-state index is 11.4. The standard InChI is InChI=1S/C17H15ClN2O5S/c1-10(13-7-8-14(24-13)16(21)22-2)26-17-20-19-15(25-17)9-23-12-5-3-11(18)4-6-12/h3-8,10H,9H2,1-2H3. The Kier molecular flexibility index (Phi) is 5.85. The predicted molar refractivity (Wildman–Crippen MR) is 94.4 cm³/mol. The quantitative estimate of drug-likeness (QED) is 0.426. The predicted octanol–water partition coefficient (Wildman–Crippen LogP) is 4.53. The summed E-state index contributed by atoms with van der Waals surface area (Å²) in [7, 11) is 1.30. The van der Waals surface area contributed by atoms with Crippen LogP contribution in [0.2, 0.25) is 5.02 Å². The van der Waals surface area contributed by atoms with Crippen molar-refractivity contribution in [1.29, 1.82) is 0 Å². The van der Waals surface area contributed by atoms with Crippen LogP contribution in [0.15, 0.2) is 50.5 Å². The Morgan fingerprint density at radius 2 is 1.96 bits per heavy atom. The molecule has 3 aromatic rings. The van der Waals surface area contributed by atoms with E-state index in [0.717, 1.165) is 0 Å². The first-order valence-corrected chi connectivity index (χ1v) is 8.86. The number of hydrogen-bond acceptors (Lipinski definition) is 8. The maximum absolute atomic E-state index is 11.4. The fraction of sp³-hybridized carbons (Fsp3) is 0.235. The number of esters is 1. The van der Waals surface area contributed by atoms with E-state index in [1.165, 1.54) is 18.9 Å². The summed E-state index contributed by atoms with van der Waals surface area (Å²) in [5.74, 6) is 1.24. The molecule has 26 heavy (non-hydrogen) atoms. The highest BCUT2D eigenvalue weighted by Gasteiger charge is 2.19. The van der Waals surface area contributed by atoms with Crippen molar-refractivity contribution in [3.63, 3.8) is 0 Å². The van der Waals surface area contributed by atoms with Crippen molar-refractivity contribution in [1.82, 2.24) is 10.2 Å². The van der Waals surface area contributed by atoms with Gasteiger partial charge in [0.15, 0.2) is 6.61 Å². The van der Waals surface area contributed by atoms with Gasteiger partial charge in [-0.3, -0.25) is 0 Å². The van der Waals surface area contributed by atoms with Gasteiger partial charge in [-0.25, -0.2) is 4.79 Å². The van der Waals surface area contributed by atoms with Gasteiger partial charge in [-0.1, -0.05) is 23.4 Å². The smallest absolute Gasteiger partial charge is 0.373 e. The van der Waals surface area contributed by atoms with E-state index in [9.17, 15) is 4.79 Å². The minimum atomic E-state index is -0.520. The fourth-order valence-corrected chi connectivity index (χ4v) is 2.91. The van der Waals surface area contributed by atoms with Crippen LogP contribution >= 0.6 is 23.4 Å². The SMILES string of the molecule is COC(=O)c1ccc(C(C)Sc2nnc(COc3ccc(Cl)cc3)o2)o1. The monoisotopic (exact) mass is 394 g/mol. The number of rotatable bonds is 7. The van der Waals surface area contributed by atoms with Crippen LogP contribution in [0.3, 0.4) is 0 Å². The lowest BCUT2D eigenvalue weighted by atomic mass is 10.3. The van der Waals surface area contributed by atoms with E-state index in [4.69, 9.17) is 25.2 Å². The Bertz CT molecular complexity index is 877. The minimum Gasteiger partial charge on any atom is -0.484 e. The number of hydrogen-bond donors (Lipinski definition) is 0. The van der Waals surface area contributed by atoms with Crippen LogP contribution in [-0.4, -0.2) is 23.3 Å². The van der Waals surface area contributed by atoms with Gasteiger partial charge in [0.05, 0.1) is 12.4 Å². The molecule has 1 atom stereocenters. The summed E-state index contributed by atoms with van der Waals surface area (Å²) in [6, 6.07) is 10.3. The van der Waals surface area contributed by atoms with Crippen LogP contribution in [0.5, 0.6) is 5.75 Å². The van der Waals surface area contributed by atoms with Gasteiger partial charge in [0, 0.05) is 5.02 Å². The van der Waals surface area contributed by atoms with E-state index in [-0.39, 0.29) is 17.6 Å². The number of carbonyl (C=O) groups is 1. The number of aromatic nitrogens is 2. The Morgan fingerprint density at radius 3 is 2.69 bits per heavy atom. The first-order chi connectivity index (χ1) is 12.5. The molecule has 136 valence electrons. The Hall–Kier alpha value is -2.45. The molecule has 1 aromatic carbocycles. The van der Waals surface area contributed by atoms with E-state index in [1.54, 1.807) is 36.4 Å². The number of ether oxygens (including phenoxy) is 2. The summed E-state index contributed by atoms with van der Waals surface area (Å²) in [4.78, 5) is 11.4. The zero-order valence-electron chi connectivity index (χ0n) is 14.0. The molecule has 0 aliphatic rings. The third-order valence-electron chi connectivity index (χ3n) is 3.32. The van der Waals surface area contributed by atoms with Gasteiger partial charge in [0.25, 0.3) is 11.1 Å². The Balaban J connectivity index is 1.56. The number of halogens is 1. The van der Waals surface area contributed by atoms with Crippen molar-refractivity contribution in [2.75, 3.05) is 7.11 Å². The number of carbonyl (C=O) groups excluding carboxylic acids is 1. The number of furan rings is 1. The summed E-state index contributed by atoms with van der Waals surface area (Å²) >= 11 is 7.14. The highest BCUT2D eigenvalue weighted by Crippen LogP contribution is 2.35. The molecule has 0 radical (unpaired) electrons. The molecular formula is C17H15ClN2O5S. The molecular weight excluding hydrogens is 380 g/mol. The molecule has 2 heterocycles. The van der Waals surface area contributed by atoms with Gasteiger partial charge in [0.2, 0.25) is 5.76 Å². The topological polar surface area (TPSA) is 87.6 Å². The van der Waals surface area contributed by atoms with Crippen molar-refractivity contribution >= 4 is 29.3 Å². The molecule has 0 amide bonds. The summed E-state index contributed by atoms with van der Waals surface area (Å²) in [5, 5.41) is 8.81.